The van der Waals surface area contributed by atoms with Crippen molar-refractivity contribution in [3.63, 3.8) is 0 Å². The number of furan rings is 1. The largest absolute Gasteiger partial charge is 0.467 e. The molecule has 0 saturated carbocycles. The molecular weight excluding hydrogens is 334 g/mol. The number of hydrogen-bond acceptors (Lipinski definition) is 5. The van der Waals surface area contributed by atoms with Gasteiger partial charge in [0.1, 0.15) is 5.76 Å². The normalized spacial score (nSPS) is 10.5. The van der Waals surface area contributed by atoms with Crippen LogP contribution >= 0.6 is 0 Å². The van der Waals surface area contributed by atoms with Gasteiger partial charge in [-0.05, 0) is 36.8 Å². The van der Waals surface area contributed by atoms with Crippen LogP contribution in [0.3, 0.4) is 0 Å². The fraction of sp³-hybridized carbons (Fsp3) is 0.158. The van der Waals surface area contributed by atoms with Gasteiger partial charge in [-0.3, -0.25) is 19.9 Å². The average Bonchev–Trinajstić information content (AvgIpc) is 3.14. The van der Waals surface area contributed by atoms with E-state index in [-0.39, 0.29) is 18.1 Å². The molecule has 1 aromatic carbocycles. The molecule has 132 valence electrons. The maximum absolute atomic E-state index is 13.1. The highest BCUT2D eigenvalue weighted by Crippen LogP contribution is 2.23. The first kappa shape index (κ1) is 17.3. The number of carbonyl (C=O) groups is 1. The van der Waals surface area contributed by atoms with Gasteiger partial charge in [-0.1, -0.05) is 12.1 Å². The van der Waals surface area contributed by atoms with Crippen LogP contribution in [0.25, 0.3) is 0 Å². The van der Waals surface area contributed by atoms with Crippen molar-refractivity contribution in [3.8, 4) is 0 Å². The molecule has 0 aliphatic carbocycles. The summed E-state index contributed by atoms with van der Waals surface area (Å²) in [5.41, 5.74) is 1.43. The number of benzene rings is 1. The molecular formula is C19H17N3O4. The minimum absolute atomic E-state index is 0.0739. The van der Waals surface area contributed by atoms with Gasteiger partial charge in [0.25, 0.3) is 11.6 Å². The van der Waals surface area contributed by atoms with Gasteiger partial charge in [-0.2, -0.15) is 0 Å². The Labute approximate surface area is 150 Å². The molecule has 0 aliphatic rings. The number of nitro groups is 1. The Morgan fingerprint density at radius 1 is 1.19 bits per heavy atom. The standard InChI is InChI=1S/C19H17N3O4/c1-14-17(7-2-8-18(14)22(24)25)19(23)21(13-16-6-4-10-26-16)12-15-5-3-9-20-11-15/h2-11H,12-13H2,1H3. The molecule has 3 rings (SSSR count). The summed E-state index contributed by atoms with van der Waals surface area (Å²) in [6, 6.07) is 11.7. The van der Waals surface area contributed by atoms with Crippen molar-refractivity contribution in [1.29, 1.82) is 0 Å². The van der Waals surface area contributed by atoms with Crippen molar-refractivity contribution in [2.45, 2.75) is 20.0 Å². The lowest BCUT2D eigenvalue weighted by Crippen LogP contribution is -2.30. The molecule has 0 radical (unpaired) electrons. The lowest BCUT2D eigenvalue weighted by molar-refractivity contribution is -0.385. The molecule has 0 N–H and O–H groups in total. The smallest absolute Gasteiger partial charge is 0.273 e. The summed E-state index contributed by atoms with van der Waals surface area (Å²) in [4.78, 5) is 29.5. The molecule has 3 aromatic rings. The van der Waals surface area contributed by atoms with Crippen LogP contribution < -0.4 is 0 Å². The zero-order chi connectivity index (χ0) is 18.5. The summed E-state index contributed by atoms with van der Waals surface area (Å²) in [5, 5.41) is 11.2. The predicted molar refractivity (Wildman–Crippen MR) is 94.4 cm³/mol. The SMILES string of the molecule is Cc1c(C(=O)N(Cc2cccnc2)Cc2ccco2)cccc1[N+](=O)[O-]. The average molecular weight is 351 g/mol. The fourth-order valence-corrected chi connectivity index (χ4v) is 2.73. The fourth-order valence-electron chi connectivity index (χ4n) is 2.73. The third-order valence-corrected chi connectivity index (χ3v) is 4.04. The first-order chi connectivity index (χ1) is 12.6. The van der Waals surface area contributed by atoms with Crippen LogP contribution in [-0.4, -0.2) is 20.7 Å². The third kappa shape index (κ3) is 3.77. The van der Waals surface area contributed by atoms with E-state index in [9.17, 15) is 14.9 Å². The molecule has 7 nitrogen and oxygen atoms in total. The minimum Gasteiger partial charge on any atom is -0.467 e. The van der Waals surface area contributed by atoms with Gasteiger partial charge in [-0.25, -0.2) is 0 Å². The van der Waals surface area contributed by atoms with Crippen molar-refractivity contribution in [3.05, 3.63) is 93.7 Å². The van der Waals surface area contributed by atoms with Crippen LogP contribution in [0, 0.1) is 17.0 Å². The Kier molecular flexibility index (Phi) is 5.07. The number of nitrogens with zero attached hydrogens (tertiary/aromatic N) is 3. The third-order valence-electron chi connectivity index (χ3n) is 4.04. The van der Waals surface area contributed by atoms with E-state index < -0.39 is 4.92 Å². The van der Waals surface area contributed by atoms with E-state index in [1.165, 1.54) is 12.1 Å². The second-order valence-corrected chi connectivity index (χ2v) is 5.81. The van der Waals surface area contributed by atoms with Crippen molar-refractivity contribution >= 4 is 11.6 Å². The number of pyridine rings is 1. The van der Waals surface area contributed by atoms with E-state index in [0.717, 1.165) is 5.56 Å². The van der Waals surface area contributed by atoms with E-state index in [4.69, 9.17) is 4.42 Å². The summed E-state index contributed by atoms with van der Waals surface area (Å²) < 4.78 is 5.36. The Hall–Kier alpha value is -3.48. The van der Waals surface area contributed by atoms with Crippen LogP contribution in [0.5, 0.6) is 0 Å². The molecule has 1 amide bonds. The molecule has 2 heterocycles. The van der Waals surface area contributed by atoms with Gasteiger partial charge in [0.15, 0.2) is 0 Å². The van der Waals surface area contributed by atoms with Gasteiger partial charge < -0.3 is 9.32 Å². The number of rotatable bonds is 6. The van der Waals surface area contributed by atoms with Crippen LogP contribution in [0.15, 0.2) is 65.5 Å². The first-order valence-corrected chi connectivity index (χ1v) is 8.01. The molecule has 0 fully saturated rings. The van der Waals surface area contributed by atoms with Crippen molar-refractivity contribution in [2.24, 2.45) is 0 Å². The van der Waals surface area contributed by atoms with Crippen LogP contribution in [0.1, 0.15) is 27.2 Å². The van der Waals surface area contributed by atoms with E-state index in [2.05, 4.69) is 4.98 Å². The number of hydrogen-bond donors (Lipinski definition) is 0. The van der Waals surface area contributed by atoms with Crippen molar-refractivity contribution in [1.82, 2.24) is 9.88 Å². The Balaban J connectivity index is 1.94. The summed E-state index contributed by atoms with van der Waals surface area (Å²) in [6.45, 7) is 2.15. The number of amides is 1. The van der Waals surface area contributed by atoms with E-state index in [0.29, 0.717) is 23.4 Å². The Morgan fingerprint density at radius 2 is 2.04 bits per heavy atom. The zero-order valence-electron chi connectivity index (χ0n) is 14.2. The van der Waals surface area contributed by atoms with Crippen LogP contribution in [0.2, 0.25) is 0 Å². The zero-order valence-corrected chi connectivity index (χ0v) is 14.2. The second kappa shape index (κ2) is 7.60. The lowest BCUT2D eigenvalue weighted by Gasteiger charge is -2.22. The van der Waals surface area contributed by atoms with Gasteiger partial charge in [0.05, 0.1) is 17.7 Å². The van der Waals surface area contributed by atoms with Gasteiger partial charge in [0.2, 0.25) is 0 Å². The summed E-state index contributed by atoms with van der Waals surface area (Å²) in [5.74, 6) is 0.330. The molecule has 0 aliphatic heterocycles. The van der Waals surface area contributed by atoms with E-state index in [1.54, 1.807) is 54.7 Å². The van der Waals surface area contributed by atoms with Crippen molar-refractivity contribution in [2.75, 3.05) is 0 Å². The molecule has 26 heavy (non-hydrogen) atoms. The van der Waals surface area contributed by atoms with Gasteiger partial charge in [0, 0.05) is 36.1 Å². The van der Waals surface area contributed by atoms with Gasteiger partial charge >= 0.3 is 0 Å². The maximum atomic E-state index is 13.1. The molecule has 0 bridgehead atoms. The van der Waals surface area contributed by atoms with E-state index in [1.807, 2.05) is 6.07 Å². The molecule has 0 saturated heterocycles. The summed E-state index contributed by atoms with van der Waals surface area (Å²) in [6.07, 6.45) is 4.89. The number of aromatic nitrogens is 1. The Bertz CT molecular complexity index is 908. The summed E-state index contributed by atoms with van der Waals surface area (Å²) in [7, 11) is 0. The second-order valence-electron chi connectivity index (χ2n) is 5.81. The highest BCUT2D eigenvalue weighted by molar-refractivity contribution is 5.96. The molecule has 7 heteroatoms. The highest BCUT2D eigenvalue weighted by Gasteiger charge is 2.23. The predicted octanol–water partition coefficient (Wildman–Crippen LogP) is 3.73. The lowest BCUT2D eigenvalue weighted by atomic mass is 10.1. The van der Waals surface area contributed by atoms with Crippen LogP contribution in [0.4, 0.5) is 5.69 Å². The summed E-state index contributed by atoms with van der Waals surface area (Å²) >= 11 is 0. The number of nitro benzene ring substituents is 1. The van der Waals surface area contributed by atoms with Gasteiger partial charge in [-0.15, -0.1) is 0 Å². The maximum Gasteiger partial charge on any atom is 0.273 e. The minimum atomic E-state index is -0.482. The quantitative estimate of drug-likeness (QED) is 0.498. The number of carbonyl (C=O) groups excluding carboxylic acids is 1. The highest BCUT2D eigenvalue weighted by atomic mass is 16.6. The molecule has 0 atom stereocenters. The van der Waals surface area contributed by atoms with Crippen molar-refractivity contribution < 1.29 is 14.1 Å². The molecule has 0 unspecified atom stereocenters. The Morgan fingerprint density at radius 3 is 2.69 bits per heavy atom. The topological polar surface area (TPSA) is 89.5 Å². The van der Waals surface area contributed by atoms with Crippen LogP contribution in [-0.2, 0) is 13.1 Å². The molecule has 2 aromatic heterocycles. The van der Waals surface area contributed by atoms with E-state index >= 15 is 0 Å². The monoisotopic (exact) mass is 351 g/mol. The molecule has 0 spiro atoms. The first-order valence-electron chi connectivity index (χ1n) is 8.01.